The molecule has 6 nitrogen and oxygen atoms in total. The van der Waals surface area contributed by atoms with Crippen LogP contribution < -0.4 is 4.74 Å². The Morgan fingerprint density at radius 3 is 2.89 bits per heavy atom. The summed E-state index contributed by atoms with van der Waals surface area (Å²) in [4.78, 5) is 11.2. The van der Waals surface area contributed by atoms with E-state index in [9.17, 15) is 0 Å². The van der Waals surface area contributed by atoms with Crippen molar-refractivity contribution >= 4 is 0 Å². The number of rotatable bonds is 6. The monoisotopic (exact) mass is 363 g/mol. The molecule has 4 rings (SSSR count). The zero-order valence-corrected chi connectivity index (χ0v) is 15.7. The van der Waals surface area contributed by atoms with Crippen molar-refractivity contribution in [3.63, 3.8) is 0 Å². The van der Waals surface area contributed by atoms with Gasteiger partial charge in [-0.05, 0) is 49.2 Å². The first-order chi connectivity index (χ1) is 13.3. The van der Waals surface area contributed by atoms with Crippen LogP contribution in [0.4, 0.5) is 0 Å². The Morgan fingerprint density at radius 1 is 1.15 bits per heavy atom. The van der Waals surface area contributed by atoms with Gasteiger partial charge in [0, 0.05) is 18.3 Å². The standard InChI is InChI=1S/C21H25N5O/c1-27-21-9-8-17(12-18(21)14-26-16-22-15-24-26)13-25-11-5-3-7-20(25)19-6-2-4-10-23-19/h2,4,6,8-10,12,15-16,20H,3,5,7,11,13-14H2,1H3/t20-/m0/s1. The summed E-state index contributed by atoms with van der Waals surface area (Å²) in [6.07, 6.45) is 8.85. The van der Waals surface area contributed by atoms with Crippen LogP contribution in [-0.2, 0) is 13.1 Å². The molecule has 0 bridgehead atoms. The summed E-state index contributed by atoms with van der Waals surface area (Å²) >= 11 is 0. The summed E-state index contributed by atoms with van der Waals surface area (Å²) in [6.45, 7) is 2.67. The lowest BCUT2D eigenvalue weighted by Gasteiger charge is -2.35. The van der Waals surface area contributed by atoms with E-state index in [4.69, 9.17) is 4.74 Å². The van der Waals surface area contributed by atoms with Crippen LogP contribution in [0, 0.1) is 0 Å². The van der Waals surface area contributed by atoms with Crippen molar-refractivity contribution in [2.24, 2.45) is 0 Å². The molecule has 1 aliphatic rings. The molecular formula is C21H25N5O. The van der Waals surface area contributed by atoms with Gasteiger partial charge in [-0.3, -0.25) is 9.88 Å². The van der Waals surface area contributed by atoms with E-state index in [2.05, 4.69) is 50.3 Å². The molecule has 27 heavy (non-hydrogen) atoms. The average Bonchev–Trinajstić information content (AvgIpc) is 3.22. The van der Waals surface area contributed by atoms with Gasteiger partial charge in [0.25, 0.3) is 0 Å². The van der Waals surface area contributed by atoms with Crippen molar-refractivity contribution in [2.75, 3.05) is 13.7 Å². The minimum absolute atomic E-state index is 0.390. The number of ether oxygens (including phenoxy) is 1. The highest BCUT2D eigenvalue weighted by Crippen LogP contribution is 2.31. The number of nitrogens with zero attached hydrogens (tertiary/aromatic N) is 5. The maximum Gasteiger partial charge on any atom is 0.137 e. The number of hydrogen-bond acceptors (Lipinski definition) is 5. The predicted octanol–water partition coefficient (Wildman–Crippen LogP) is 3.46. The summed E-state index contributed by atoms with van der Waals surface area (Å²) in [7, 11) is 1.71. The maximum atomic E-state index is 5.54. The van der Waals surface area contributed by atoms with Crippen molar-refractivity contribution in [1.29, 1.82) is 0 Å². The lowest BCUT2D eigenvalue weighted by molar-refractivity contribution is 0.137. The average molecular weight is 363 g/mol. The van der Waals surface area contributed by atoms with E-state index >= 15 is 0 Å². The highest BCUT2D eigenvalue weighted by Gasteiger charge is 2.25. The van der Waals surface area contributed by atoms with Crippen LogP contribution in [0.2, 0.25) is 0 Å². The fourth-order valence-corrected chi connectivity index (χ4v) is 3.87. The molecule has 6 heteroatoms. The van der Waals surface area contributed by atoms with Crippen LogP contribution in [0.15, 0.2) is 55.2 Å². The van der Waals surface area contributed by atoms with Gasteiger partial charge in [0.15, 0.2) is 0 Å². The smallest absolute Gasteiger partial charge is 0.137 e. The molecule has 0 N–H and O–H groups in total. The van der Waals surface area contributed by atoms with Crippen LogP contribution in [0.3, 0.4) is 0 Å². The molecule has 1 aliphatic heterocycles. The molecule has 0 radical (unpaired) electrons. The number of likely N-dealkylation sites (tertiary alicyclic amines) is 1. The molecule has 0 saturated carbocycles. The Morgan fingerprint density at radius 2 is 2.11 bits per heavy atom. The Hall–Kier alpha value is -2.73. The van der Waals surface area contributed by atoms with Crippen LogP contribution in [0.25, 0.3) is 0 Å². The topological polar surface area (TPSA) is 56.1 Å². The fraction of sp³-hybridized carbons (Fsp3) is 0.381. The van der Waals surface area contributed by atoms with Crippen molar-refractivity contribution in [1.82, 2.24) is 24.6 Å². The Kier molecular flexibility index (Phi) is 5.44. The number of hydrogen-bond donors (Lipinski definition) is 0. The third-order valence-electron chi connectivity index (χ3n) is 5.17. The molecule has 1 saturated heterocycles. The van der Waals surface area contributed by atoms with E-state index in [0.717, 1.165) is 24.4 Å². The van der Waals surface area contributed by atoms with E-state index in [0.29, 0.717) is 12.6 Å². The van der Waals surface area contributed by atoms with Crippen molar-refractivity contribution < 1.29 is 4.74 Å². The summed E-state index contributed by atoms with van der Waals surface area (Å²) < 4.78 is 7.36. The first kappa shape index (κ1) is 17.7. The lowest BCUT2D eigenvalue weighted by Crippen LogP contribution is -2.33. The number of methoxy groups -OCH3 is 1. The summed E-state index contributed by atoms with van der Waals surface area (Å²) in [6, 6.07) is 13.0. The highest BCUT2D eigenvalue weighted by molar-refractivity contribution is 5.37. The van der Waals surface area contributed by atoms with Gasteiger partial charge in [-0.25, -0.2) is 9.67 Å². The summed E-state index contributed by atoms with van der Waals surface area (Å²) in [5.41, 5.74) is 3.58. The first-order valence-corrected chi connectivity index (χ1v) is 9.46. The molecule has 1 fully saturated rings. The van der Waals surface area contributed by atoms with E-state index < -0.39 is 0 Å². The van der Waals surface area contributed by atoms with Gasteiger partial charge >= 0.3 is 0 Å². The minimum Gasteiger partial charge on any atom is -0.496 e. The number of piperidine rings is 1. The predicted molar refractivity (Wildman–Crippen MR) is 103 cm³/mol. The molecule has 0 unspecified atom stereocenters. The van der Waals surface area contributed by atoms with E-state index in [1.807, 2.05) is 16.9 Å². The Bertz CT molecular complexity index is 850. The quantitative estimate of drug-likeness (QED) is 0.671. The van der Waals surface area contributed by atoms with Crippen LogP contribution in [-0.4, -0.2) is 38.3 Å². The number of aromatic nitrogens is 4. The van der Waals surface area contributed by atoms with Gasteiger partial charge in [-0.1, -0.05) is 18.6 Å². The SMILES string of the molecule is COc1ccc(CN2CCCC[C@H]2c2ccccn2)cc1Cn1cncn1. The molecule has 0 spiro atoms. The second-order valence-electron chi connectivity index (χ2n) is 6.98. The largest absolute Gasteiger partial charge is 0.496 e. The second kappa shape index (κ2) is 8.31. The van der Waals surface area contributed by atoms with E-state index in [1.54, 1.807) is 19.8 Å². The number of pyridine rings is 1. The molecule has 3 aromatic rings. The zero-order valence-electron chi connectivity index (χ0n) is 15.7. The van der Waals surface area contributed by atoms with Crippen LogP contribution in [0.1, 0.15) is 42.1 Å². The molecule has 0 amide bonds. The Balaban J connectivity index is 1.55. The summed E-state index contributed by atoms with van der Waals surface area (Å²) in [5.74, 6) is 0.883. The molecule has 1 aromatic carbocycles. The first-order valence-electron chi connectivity index (χ1n) is 9.46. The second-order valence-corrected chi connectivity index (χ2v) is 6.98. The van der Waals surface area contributed by atoms with Crippen molar-refractivity contribution in [3.8, 4) is 5.75 Å². The third kappa shape index (κ3) is 4.17. The van der Waals surface area contributed by atoms with Gasteiger partial charge < -0.3 is 4.74 Å². The van der Waals surface area contributed by atoms with Crippen LogP contribution >= 0.6 is 0 Å². The summed E-state index contributed by atoms with van der Waals surface area (Å²) in [5, 5.41) is 4.22. The molecule has 2 aromatic heterocycles. The third-order valence-corrected chi connectivity index (χ3v) is 5.17. The maximum absolute atomic E-state index is 5.54. The zero-order chi connectivity index (χ0) is 18.5. The Labute approximate surface area is 159 Å². The molecular weight excluding hydrogens is 338 g/mol. The van der Waals surface area contributed by atoms with Gasteiger partial charge in [-0.15, -0.1) is 0 Å². The van der Waals surface area contributed by atoms with Gasteiger partial charge in [0.1, 0.15) is 18.4 Å². The molecule has 140 valence electrons. The van der Waals surface area contributed by atoms with Gasteiger partial charge in [-0.2, -0.15) is 5.10 Å². The van der Waals surface area contributed by atoms with Crippen molar-refractivity contribution in [2.45, 2.75) is 38.4 Å². The molecule has 3 heterocycles. The van der Waals surface area contributed by atoms with E-state index in [1.165, 1.54) is 30.5 Å². The number of benzene rings is 1. The van der Waals surface area contributed by atoms with Crippen molar-refractivity contribution in [3.05, 3.63) is 72.1 Å². The highest BCUT2D eigenvalue weighted by atomic mass is 16.5. The molecule has 0 aliphatic carbocycles. The normalized spacial score (nSPS) is 17.7. The fourth-order valence-electron chi connectivity index (χ4n) is 3.87. The molecule has 1 atom stereocenters. The van der Waals surface area contributed by atoms with Crippen LogP contribution in [0.5, 0.6) is 5.75 Å². The lowest BCUT2D eigenvalue weighted by atomic mass is 9.97. The van der Waals surface area contributed by atoms with Gasteiger partial charge in [0.05, 0.1) is 25.4 Å². The van der Waals surface area contributed by atoms with E-state index in [-0.39, 0.29) is 0 Å². The minimum atomic E-state index is 0.390. The van der Waals surface area contributed by atoms with Gasteiger partial charge in [0.2, 0.25) is 0 Å².